The van der Waals surface area contributed by atoms with Crippen molar-refractivity contribution in [3.63, 3.8) is 0 Å². The Morgan fingerprint density at radius 3 is 2.71 bits per heavy atom. The molecule has 0 aromatic carbocycles. The van der Waals surface area contributed by atoms with Crippen LogP contribution in [0, 0.1) is 0 Å². The summed E-state index contributed by atoms with van der Waals surface area (Å²) in [6.45, 7) is 3.92. The molecule has 1 aliphatic rings. The van der Waals surface area contributed by atoms with Gasteiger partial charge in [-0.15, -0.1) is 0 Å². The van der Waals surface area contributed by atoms with Gasteiger partial charge in [-0.1, -0.05) is 6.08 Å². The minimum atomic E-state index is 0.104. The van der Waals surface area contributed by atoms with Crippen molar-refractivity contribution in [2.75, 3.05) is 14.1 Å². The van der Waals surface area contributed by atoms with Gasteiger partial charge in [0.15, 0.2) is 0 Å². The molecule has 1 aliphatic heterocycles. The van der Waals surface area contributed by atoms with Crippen molar-refractivity contribution in [3.05, 3.63) is 12.3 Å². The van der Waals surface area contributed by atoms with E-state index in [-0.39, 0.29) is 6.10 Å². The summed E-state index contributed by atoms with van der Waals surface area (Å²) in [5.41, 5.74) is 0. The lowest BCUT2D eigenvalue weighted by Gasteiger charge is -2.14. The number of nitrogens with zero attached hydrogens (tertiary/aromatic N) is 3. The Morgan fingerprint density at radius 2 is 2.14 bits per heavy atom. The second-order valence-electron chi connectivity index (χ2n) is 3.59. The van der Waals surface area contributed by atoms with E-state index in [4.69, 9.17) is 4.74 Å². The topological polar surface area (TPSA) is 37.2 Å². The number of hydrogen-bond acceptors (Lipinski definition) is 4. The predicted octanol–water partition coefficient (Wildman–Crippen LogP) is 1.64. The molecule has 0 aromatic rings. The molecule has 14 heavy (non-hydrogen) atoms. The minimum absolute atomic E-state index is 0.104. The van der Waals surface area contributed by atoms with Crippen LogP contribution in [0.25, 0.3) is 0 Å². The average molecular weight is 195 g/mol. The minimum Gasteiger partial charge on any atom is -0.461 e. The van der Waals surface area contributed by atoms with Gasteiger partial charge in [0.05, 0.1) is 6.10 Å². The Bertz CT molecular complexity index is 277. The number of amidine groups is 2. The fourth-order valence-electron chi connectivity index (χ4n) is 1.01. The van der Waals surface area contributed by atoms with E-state index < -0.39 is 0 Å². The van der Waals surface area contributed by atoms with E-state index in [9.17, 15) is 0 Å². The lowest BCUT2D eigenvalue weighted by molar-refractivity contribution is 0.224. The highest BCUT2D eigenvalue weighted by Crippen LogP contribution is 2.03. The van der Waals surface area contributed by atoms with Crippen LogP contribution in [0.5, 0.6) is 0 Å². The molecule has 0 aromatic heterocycles. The number of hydrogen-bond donors (Lipinski definition) is 0. The quantitative estimate of drug-likeness (QED) is 0.638. The Balaban J connectivity index is 2.77. The van der Waals surface area contributed by atoms with Crippen molar-refractivity contribution >= 4 is 11.9 Å². The molecule has 0 amide bonds. The summed E-state index contributed by atoms with van der Waals surface area (Å²) in [6, 6.07) is 0.442. The first kappa shape index (κ1) is 10.8. The van der Waals surface area contributed by atoms with E-state index in [0.29, 0.717) is 6.02 Å². The zero-order chi connectivity index (χ0) is 10.6. The standard InChI is InChI=1S/C10H17N3O/c1-8(2)14-10-11-7-5-6-9(12-10)13(3)4/h5,7-8H,6H2,1-4H3. The fraction of sp³-hybridized carbons (Fsp3) is 0.600. The first-order chi connectivity index (χ1) is 6.59. The van der Waals surface area contributed by atoms with Gasteiger partial charge < -0.3 is 9.64 Å². The van der Waals surface area contributed by atoms with Gasteiger partial charge in [0.25, 0.3) is 0 Å². The van der Waals surface area contributed by atoms with Crippen molar-refractivity contribution < 1.29 is 4.74 Å². The van der Waals surface area contributed by atoms with Crippen LogP contribution in [0.4, 0.5) is 0 Å². The molecule has 1 rings (SSSR count). The molecule has 0 saturated heterocycles. The lowest BCUT2D eigenvalue weighted by atomic mass is 10.3. The summed E-state index contributed by atoms with van der Waals surface area (Å²) in [4.78, 5) is 10.4. The van der Waals surface area contributed by atoms with E-state index in [1.54, 1.807) is 6.20 Å². The van der Waals surface area contributed by atoms with Gasteiger partial charge in [-0.25, -0.2) is 4.99 Å². The van der Waals surface area contributed by atoms with E-state index in [2.05, 4.69) is 9.98 Å². The molecular formula is C10H17N3O. The molecule has 0 fully saturated rings. The third-order valence-electron chi connectivity index (χ3n) is 1.67. The van der Waals surface area contributed by atoms with Gasteiger partial charge in [-0.05, 0) is 13.8 Å². The van der Waals surface area contributed by atoms with Crippen LogP contribution in [-0.4, -0.2) is 37.0 Å². The molecular weight excluding hydrogens is 178 g/mol. The van der Waals surface area contributed by atoms with Crippen LogP contribution in [0.2, 0.25) is 0 Å². The molecule has 0 bridgehead atoms. The smallest absolute Gasteiger partial charge is 0.318 e. The van der Waals surface area contributed by atoms with Gasteiger partial charge in [0.1, 0.15) is 5.84 Å². The molecule has 0 spiro atoms. The molecule has 0 unspecified atom stereocenters. The van der Waals surface area contributed by atoms with Crippen molar-refractivity contribution in [1.82, 2.24) is 4.90 Å². The molecule has 78 valence electrons. The maximum atomic E-state index is 5.44. The van der Waals surface area contributed by atoms with Gasteiger partial charge in [-0.2, -0.15) is 4.99 Å². The van der Waals surface area contributed by atoms with E-state index in [1.165, 1.54) is 0 Å². The fourth-order valence-corrected chi connectivity index (χ4v) is 1.01. The number of rotatable bonds is 1. The zero-order valence-corrected chi connectivity index (χ0v) is 9.19. The van der Waals surface area contributed by atoms with Crippen molar-refractivity contribution in [1.29, 1.82) is 0 Å². The van der Waals surface area contributed by atoms with Gasteiger partial charge in [0, 0.05) is 26.7 Å². The molecule has 0 N–H and O–H groups in total. The summed E-state index contributed by atoms with van der Waals surface area (Å²) in [6.07, 6.45) is 4.60. The van der Waals surface area contributed by atoms with E-state index in [1.807, 2.05) is 38.9 Å². The van der Waals surface area contributed by atoms with Crippen LogP contribution >= 0.6 is 0 Å². The lowest BCUT2D eigenvalue weighted by Crippen LogP contribution is -2.23. The summed E-state index contributed by atoms with van der Waals surface area (Å²) < 4.78 is 5.44. The first-order valence-electron chi connectivity index (χ1n) is 4.74. The average Bonchev–Trinajstić information content (AvgIpc) is 2.28. The van der Waals surface area contributed by atoms with E-state index >= 15 is 0 Å². The van der Waals surface area contributed by atoms with Crippen LogP contribution in [0.15, 0.2) is 22.3 Å². The second-order valence-corrected chi connectivity index (χ2v) is 3.59. The third-order valence-corrected chi connectivity index (χ3v) is 1.67. The third kappa shape index (κ3) is 3.20. The zero-order valence-electron chi connectivity index (χ0n) is 9.19. The Labute approximate surface area is 85.0 Å². The molecule has 4 nitrogen and oxygen atoms in total. The van der Waals surface area contributed by atoms with Crippen molar-refractivity contribution in [3.8, 4) is 0 Å². The molecule has 0 aliphatic carbocycles. The van der Waals surface area contributed by atoms with Crippen LogP contribution in [0.3, 0.4) is 0 Å². The Kier molecular flexibility index (Phi) is 3.68. The highest BCUT2D eigenvalue weighted by atomic mass is 16.5. The monoisotopic (exact) mass is 195 g/mol. The SMILES string of the molecule is CC(C)OC1=NC=CCC(N(C)C)=N1. The number of aliphatic imine (C=N–C) groups is 2. The molecule has 4 heteroatoms. The van der Waals surface area contributed by atoms with Gasteiger partial charge in [-0.3, -0.25) is 0 Å². The van der Waals surface area contributed by atoms with Crippen LogP contribution in [0.1, 0.15) is 20.3 Å². The maximum Gasteiger partial charge on any atom is 0.318 e. The first-order valence-corrected chi connectivity index (χ1v) is 4.74. The summed E-state index contributed by atoms with van der Waals surface area (Å²) in [5, 5.41) is 0. The van der Waals surface area contributed by atoms with Gasteiger partial charge in [0.2, 0.25) is 0 Å². The summed E-state index contributed by atoms with van der Waals surface area (Å²) in [7, 11) is 3.93. The Morgan fingerprint density at radius 1 is 1.43 bits per heavy atom. The van der Waals surface area contributed by atoms with Crippen molar-refractivity contribution in [2.45, 2.75) is 26.4 Å². The van der Waals surface area contributed by atoms with Crippen LogP contribution < -0.4 is 0 Å². The highest BCUT2D eigenvalue weighted by molar-refractivity contribution is 5.95. The molecule has 1 heterocycles. The Hall–Kier alpha value is -1.32. The van der Waals surface area contributed by atoms with Crippen molar-refractivity contribution in [2.24, 2.45) is 9.98 Å². The summed E-state index contributed by atoms with van der Waals surface area (Å²) >= 11 is 0. The predicted molar refractivity (Wildman–Crippen MR) is 58.5 cm³/mol. The normalized spacial score (nSPS) is 16.1. The molecule has 0 atom stereocenters. The maximum absolute atomic E-state index is 5.44. The summed E-state index contributed by atoms with van der Waals surface area (Å²) in [5.74, 6) is 0.957. The largest absolute Gasteiger partial charge is 0.461 e. The molecule has 0 saturated carbocycles. The highest BCUT2D eigenvalue weighted by Gasteiger charge is 2.07. The van der Waals surface area contributed by atoms with Gasteiger partial charge >= 0.3 is 6.02 Å². The molecule has 0 radical (unpaired) electrons. The van der Waals surface area contributed by atoms with Crippen LogP contribution in [-0.2, 0) is 4.74 Å². The number of ether oxygens (including phenoxy) is 1. The van der Waals surface area contributed by atoms with E-state index in [0.717, 1.165) is 12.3 Å². The second kappa shape index (κ2) is 4.79.